The molecule has 0 N–H and O–H groups in total. The maximum atomic E-state index is 12.5. The molecule has 0 radical (unpaired) electrons. The van der Waals surface area contributed by atoms with E-state index in [9.17, 15) is 14.9 Å². The largest absolute Gasteiger partial charge is 0.452 e. The van der Waals surface area contributed by atoms with E-state index >= 15 is 0 Å². The molecule has 0 atom stereocenters. The van der Waals surface area contributed by atoms with Gasteiger partial charge >= 0.3 is 5.97 Å². The Kier molecular flexibility index (Phi) is 6.96. The summed E-state index contributed by atoms with van der Waals surface area (Å²) in [5.74, 6) is -0.995. The van der Waals surface area contributed by atoms with Crippen LogP contribution in [0.15, 0.2) is 28.9 Å². The first-order chi connectivity index (χ1) is 13.5. The minimum atomic E-state index is -0.856. The molecule has 0 aromatic carbocycles. The van der Waals surface area contributed by atoms with Gasteiger partial charge in [-0.25, -0.2) is 4.79 Å². The van der Waals surface area contributed by atoms with Gasteiger partial charge in [0.2, 0.25) is 5.88 Å². The summed E-state index contributed by atoms with van der Waals surface area (Å²) in [6, 6.07) is 9.27. The number of amides is 1. The highest BCUT2D eigenvalue weighted by Crippen LogP contribution is 2.26. The smallest absolute Gasteiger partial charge is 0.343 e. The standard InChI is InChI=1S/C19H17N5O4/c1-14-17(15(12-22)18(28-14)24-8-2-3-9-24)19(26)27-13-16(25)23(10-4-6-20)11-5-7-21/h2-3,8-9H,4-5,10-11,13H2,1H3. The van der Waals surface area contributed by atoms with E-state index in [2.05, 4.69) is 0 Å². The Bertz CT molecular complexity index is 952. The Morgan fingerprint density at radius 1 is 1.14 bits per heavy atom. The first kappa shape index (κ1) is 20.3. The topological polar surface area (TPSA) is 136 Å². The first-order valence-corrected chi connectivity index (χ1v) is 8.39. The van der Waals surface area contributed by atoms with Crippen LogP contribution in [-0.2, 0) is 9.53 Å². The lowest BCUT2D eigenvalue weighted by Gasteiger charge is -2.20. The summed E-state index contributed by atoms with van der Waals surface area (Å²) in [6.07, 6.45) is 3.54. The summed E-state index contributed by atoms with van der Waals surface area (Å²) in [4.78, 5) is 26.0. The minimum absolute atomic E-state index is 0.0111. The van der Waals surface area contributed by atoms with Crippen LogP contribution < -0.4 is 0 Å². The molecule has 28 heavy (non-hydrogen) atoms. The summed E-state index contributed by atoms with van der Waals surface area (Å²) in [7, 11) is 0. The highest BCUT2D eigenvalue weighted by Gasteiger charge is 2.26. The summed E-state index contributed by atoms with van der Waals surface area (Å²) in [5, 5.41) is 26.8. The molecule has 2 aromatic heterocycles. The van der Waals surface area contributed by atoms with Crippen molar-refractivity contribution in [2.45, 2.75) is 19.8 Å². The second kappa shape index (κ2) is 9.61. The van der Waals surface area contributed by atoms with Crippen LogP contribution in [0.4, 0.5) is 0 Å². The first-order valence-electron chi connectivity index (χ1n) is 8.39. The van der Waals surface area contributed by atoms with Crippen LogP contribution in [0.5, 0.6) is 0 Å². The van der Waals surface area contributed by atoms with Gasteiger partial charge < -0.3 is 14.1 Å². The zero-order chi connectivity index (χ0) is 20.5. The Hall–Kier alpha value is -4.03. The van der Waals surface area contributed by atoms with E-state index in [-0.39, 0.29) is 48.7 Å². The summed E-state index contributed by atoms with van der Waals surface area (Å²) in [5.41, 5.74) is -0.0310. The van der Waals surface area contributed by atoms with E-state index in [0.717, 1.165) is 0 Å². The van der Waals surface area contributed by atoms with Crippen LogP contribution in [0, 0.1) is 40.9 Å². The number of ether oxygens (including phenoxy) is 1. The lowest BCUT2D eigenvalue weighted by molar-refractivity contribution is -0.134. The summed E-state index contributed by atoms with van der Waals surface area (Å²) < 4.78 is 12.2. The molecular formula is C19H17N5O4. The van der Waals surface area contributed by atoms with Crippen LogP contribution in [0.25, 0.3) is 5.88 Å². The van der Waals surface area contributed by atoms with Crippen molar-refractivity contribution in [1.29, 1.82) is 15.8 Å². The Morgan fingerprint density at radius 3 is 2.29 bits per heavy atom. The van der Waals surface area contributed by atoms with Gasteiger partial charge in [-0.2, -0.15) is 15.8 Å². The summed E-state index contributed by atoms with van der Waals surface area (Å²) in [6.45, 7) is 1.24. The van der Waals surface area contributed by atoms with Gasteiger partial charge in [-0.15, -0.1) is 0 Å². The van der Waals surface area contributed by atoms with Crippen molar-refractivity contribution in [1.82, 2.24) is 9.47 Å². The molecule has 0 spiro atoms. The van der Waals surface area contributed by atoms with Crippen molar-refractivity contribution in [2.24, 2.45) is 0 Å². The Balaban J connectivity index is 2.13. The van der Waals surface area contributed by atoms with Gasteiger partial charge in [-0.3, -0.25) is 9.36 Å². The van der Waals surface area contributed by atoms with Gasteiger partial charge in [0.25, 0.3) is 5.91 Å². The zero-order valence-corrected chi connectivity index (χ0v) is 15.2. The van der Waals surface area contributed by atoms with Crippen molar-refractivity contribution < 1.29 is 18.7 Å². The molecule has 0 unspecified atom stereocenters. The number of furan rings is 1. The number of hydrogen-bond acceptors (Lipinski definition) is 7. The predicted octanol–water partition coefficient (Wildman–Crippen LogP) is 2.06. The third-order valence-corrected chi connectivity index (χ3v) is 3.89. The number of nitriles is 3. The lowest BCUT2D eigenvalue weighted by Crippen LogP contribution is -2.36. The van der Waals surface area contributed by atoms with Crippen molar-refractivity contribution in [3.05, 3.63) is 41.4 Å². The fourth-order valence-electron chi connectivity index (χ4n) is 2.55. The van der Waals surface area contributed by atoms with Gasteiger partial charge in [0.05, 0.1) is 25.0 Å². The molecule has 0 fully saturated rings. The predicted molar refractivity (Wildman–Crippen MR) is 94.8 cm³/mol. The molecule has 0 saturated carbocycles. The number of rotatable bonds is 8. The molecule has 0 aliphatic heterocycles. The molecule has 0 aliphatic rings. The number of esters is 1. The Labute approximate surface area is 161 Å². The van der Waals surface area contributed by atoms with Crippen molar-refractivity contribution >= 4 is 11.9 Å². The van der Waals surface area contributed by atoms with Crippen LogP contribution >= 0.6 is 0 Å². The second-order valence-electron chi connectivity index (χ2n) is 5.69. The van der Waals surface area contributed by atoms with Gasteiger partial charge in [0.15, 0.2) is 6.61 Å². The van der Waals surface area contributed by atoms with Crippen LogP contribution in [0.2, 0.25) is 0 Å². The van der Waals surface area contributed by atoms with E-state index in [1.807, 2.05) is 18.2 Å². The minimum Gasteiger partial charge on any atom is -0.452 e. The molecule has 142 valence electrons. The SMILES string of the molecule is Cc1oc(-n2cccc2)c(C#N)c1C(=O)OCC(=O)N(CCC#N)CCC#N. The van der Waals surface area contributed by atoms with Gasteiger partial charge in [-0.1, -0.05) is 0 Å². The number of aromatic nitrogens is 1. The monoisotopic (exact) mass is 379 g/mol. The van der Waals surface area contributed by atoms with E-state index in [1.54, 1.807) is 29.1 Å². The number of carbonyl (C=O) groups excluding carboxylic acids is 2. The quantitative estimate of drug-likeness (QED) is 0.640. The maximum Gasteiger partial charge on any atom is 0.343 e. The van der Waals surface area contributed by atoms with E-state index < -0.39 is 18.5 Å². The third-order valence-electron chi connectivity index (χ3n) is 3.89. The normalized spacial score (nSPS) is 9.79. The lowest BCUT2D eigenvalue weighted by atomic mass is 10.1. The van der Waals surface area contributed by atoms with Crippen molar-refractivity contribution in [3.8, 4) is 24.1 Å². The average Bonchev–Trinajstić information content (AvgIpc) is 3.33. The molecule has 0 bridgehead atoms. The van der Waals surface area contributed by atoms with Crippen LogP contribution in [-0.4, -0.2) is 41.0 Å². The van der Waals surface area contributed by atoms with Gasteiger partial charge in [0, 0.05) is 25.5 Å². The molecule has 9 nitrogen and oxygen atoms in total. The Morgan fingerprint density at radius 2 is 1.75 bits per heavy atom. The average molecular weight is 379 g/mol. The summed E-state index contributed by atoms with van der Waals surface area (Å²) >= 11 is 0. The number of carbonyl (C=O) groups is 2. The highest BCUT2D eigenvalue weighted by atomic mass is 16.5. The van der Waals surface area contributed by atoms with E-state index in [1.165, 1.54) is 11.8 Å². The number of nitrogens with zero attached hydrogens (tertiary/aromatic N) is 5. The fourth-order valence-corrected chi connectivity index (χ4v) is 2.55. The molecule has 0 aliphatic carbocycles. The van der Waals surface area contributed by atoms with Gasteiger partial charge in [-0.05, 0) is 19.1 Å². The maximum absolute atomic E-state index is 12.5. The van der Waals surface area contributed by atoms with Crippen molar-refractivity contribution in [3.63, 3.8) is 0 Å². The highest BCUT2D eigenvalue weighted by molar-refractivity contribution is 5.95. The molecule has 9 heteroatoms. The molecule has 2 heterocycles. The van der Waals surface area contributed by atoms with Gasteiger partial charge in [0.1, 0.15) is 23.0 Å². The zero-order valence-electron chi connectivity index (χ0n) is 15.2. The van der Waals surface area contributed by atoms with Crippen LogP contribution in [0.1, 0.15) is 34.5 Å². The molecule has 2 aromatic rings. The number of hydrogen-bond donors (Lipinski definition) is 0. The second-order valence-corrected chi connectivity index (χ2v) is 5.69. The number of aryl methyl sites for hydroxylation is 1. The molecule has 1 amide bonds. The van der Waals surface area contributed by atoms with Crippen LogP contribution in [0.3, 0.4) is 0 Å². The molecular weight excluding hydrogens is 362 g/mol. The third kappa shape index (κ3) is 4.57. The van der Waals surface area contributed by atoms with E-state index in [4.69, 9.17) is 19.7 Å². The molecule has 2 rings (SSSR count). The molecule has 0 saturated heterocycles. The van der Waals surface area contributed by atoms with E-state index in [0.29, 0.717) is 0 Å². The van der Waals surface area contributed by atoms with Crippen molar-refractivity contribution in [2.75, 3.05) is 19.7 Å². The fraction of sp³-hybridized carbons (Fsp3) is 0.316.